The Balaban J connectivity index is 1.80. The molecule has 0 radical (unpaired) electrons. The second-order valence-corrected chi connectivity index (χ2v) is 7.84. The average molecular weight is 262 g/mol. The standard InChI is InChI=1S/C17H26O2/c1-11(2)3-15(16(18)19)10-17-7-12-4-13(8-17)6-14(5-12)9-17/h3,11-14H,4-10H2,1-2H3,(H,18,19). The Morgan fingerprint density at radius 1 is 1.16 bits per heavy atom. The zero-order valence-corrected chi connectivity index (χ0v) is 12.2. The normalized spacial score (nSPS) is 41.0. The third-order valence-corrected chi connectivity index (χ3v) is 5.54. The van der Waals surface area contributed by atoms with Gasteiger partial charge in [0, 0.05) is 5.57 Å². The number of hydrogen-bond acceptors (Lipinski definition) is 1. The molecule has 0 saturated heterocycles. The highest BCUT2D eigenvalue weighted by Gasteiger charge is 2.51. The Morgan fingerprint density at radius 2 is 1.63 bits per heavy atom. The van der Waals surface area contributed by atoms with Gasteiger partial charge < -0.3 is 5.11 Å². The molecule has 0 heterocycles. The highest BCUT2D eigenvalue weighted by atomic mass is 16.4. The third kappa shape index (κ3) is 2.59. The van der Waals surface area contributed by atoms with Crippen LogP contribution in [0.25, 0.3) is 0 Å². The third-order valence-electron chi connectivity index (χ3n) is 5.54. The van der Waals surface area contributed by atoms with Crippen LogP contribution < -0.4 is 0 Å². The quantitative estimate of drug-likeness (QED) is 0.769. The molecule has 0 spiro atoms. The predicted molar refractivity (Wildman–Crippen MR) is 75.8 cm³/mol. The van der Waals surface area contributed by atoms with Gasteiger partial charge in [-0.25, -0.2) is 4.79 Å². The smallest absolute Gasteiger partial charge is 0.331 e. The monoisotopic (exact) mass is 262 g/mol. The van der Waals surface area contributed by atoms with Crippen molar-refractivity contribution in [2.45, 2.75) is 58.8 Å². The first-order chi connectivity index (χ1) is 8.96. The maximum Gasteiger partial charge on any atom is 0.331 e. The van der Waals surface area contributed by atoms with Gasteiger partial charge in [-0.15, -0.1) is 0 Å². The molecule has 4 aliphatic carbocycles. The molecule has 0 atom stereocenters. The number of carbonyl (C=O) groups is 1. The zero-order valence-electron chi connectivity index (χ0n) is 12.2. The Morgan fingerprint density at radius 3 is 2.00 bits per heavy atom. The molecule has 0 aromatic carbocycles. The number of rotatable bonds is 4. The van der Waals surface area contributed by atoms with Gasteiger partial charge in [-0.05, 0) is 74.0 Å². The van der Waals surface area contributed by atoms with Crippen LogP contribution in [0.2, 0.25) is 0 Å². The maximum atomic E-state index is 11.5. The van der Waals surface area contributed by atoms with Gasteiger partial charge in [0.2, 0.25) is 0 Å². The number of hydrogen-bond donors (Lipinski definition) is 1. The summed E-state index contributed by atoms with van der Waals surface area (Å²) in [6, 6.07) is 0. The van der Waals surface area contributed by atoms with Crippen molar-refractivity contribution >= 4 is 5.97 Å². The largest absolute Gasteiger partial charge is 0.478 e. The van der Waals surface area contributed by atoms with Gasteiger partial charge in [0.25, 0.3) is 0 Å². The minimum Gasteiger partial charge on any atom is -0.478 e. The lowest BCUT2D eigenvalue weighted by Crippen LogP contribution is -2.46. The van der Waals surface area contributed by atoms with E-state index in [1.807, 2.05) is 6.08 Å². The van der Waals surface area contributed by atoms with E-state index in [0.29, 0.717) is 16.9 Å². The van der Waals surface area contributed by atoms with Gasteiger partial charge in [-0.1, -0.05) is 19.9 Å². The lowest BCUT2D eigenvalue weighted by molar-refractivity contribution is -0.134. The van der Waals surface area contributed by atoms with Crippen molar-refractivity contribution in [2.75, 3.05) is 0 Å². The molecule has 0 amide bonds. The van der Waals surface area contributed by atoms with E-state index in [4.69, 9.17) is 0 Å². The fourth-order valence-corrected chi connectivity index (χ4v) is 5.52. The summed E-state index contributed by atoms with van der Waals surface area (Å²) in [4.78, 5) is 11.5. The Kier molecular flexibility index (Phi) is 3.23. The minimum atomic E-state index is -0.690. The fraction of sp³-hybridized carbons (Fsp3) is 0.824. The zero-order chi connectivity index (χ0) is 13.6. The number of carboxylic acids is 1. The fourth-order valence-electron chi connectivity index (χ4n) is 5.52. The van der Waals surface area contributed by atoms with Crippen LogP contribution in [0.1, 0.15) is 58.8 Å². The number of aliphatic carboxylic acids is 1. The van der Waals surface area contributed by atoms with Crippen molar-refractivity contribution in [1.29, 1.82) is 0 Å². The van der Waals surface area contributed by atoms with E-state index < -0.39 is 5.97 Å². The molecule has 19 heavy (non-hydrogen) atoms. The summed E-state index contributed by atoms with van der Waals surface area (Å²) in [5.74, 6) is 2.35. The van der Waals surface area contributed by atoms with Gasteiger partial charge in [0.1, 0.15) is 0 Å². The van der Waals surface area contributed by atoms with Crippen molar-refractivity contribution < 1.29 is 9.90 Å². The van der Waals surface area contributed by atoms with Crippen molar-refractivity contribution in [1.82, 2.24) is 0 Å². The van der Waals surface area contributed by atoms with Gasteiger partial charge in [-0.3, -0.25) is 0 Å². The second kappa shape index (κ2) is 4.64. The molecule has 1 N–H and O–H groups in total. The molecular formula is C17H26O2. The van der Waals surface area contributed by atoms with E-state index in [2.05, 4.69) is 13.8 Å². The van der Waals surface area contributed by atoms with Crippen molar-refractivity contribution in [3.05, 3.63) is 11.6 Å². The van der Waals surface area contributed by atoms with E-state index in [-0.39, 0.29) is 0 Å². The van der Waals surface area contributed by atoms with Gasteiger partial charge in [0.05, 0.1) is 0 Å². The number of carboxylic acid groups (broad SMARTS) is 1. The molecule has 2 nitrogen and oxygen atoms in total. The summed E-state index contributed by atoms with van der Waals surface area (Å²) in [6.07, 6.45) is 11.0. The Hall–Kier alpha value is -0.790. The summed E-state index contributed by atoms with van der Waals surface area (Å²) >= 11 is 0. The molecule has 0 aromatic heterocycles. The van der Waals surface area contributed by atoms with Gasteiger partial charge >= 0.3 is 5.97 Å². The summed E-state index contributed by atoms with van der Waals surface area (Å²) in [5, 5.41) is 9.46. The Bertz CT molecular complexity index is 370. The summed E-state index contributed by atoms with van der Waals surface area (Å²) in [7, 11) is 0. The second-order valence-electron chi connectivity index (χ2n) is 7.84. The molecule has 106 valence electrons. The van der Waals surface area contributed by atoms with E-state index in [1.54, 1.807) is 0 Å². The minimum absolute atomic E-state index is 0.333. The van der Waals surface area contributed by atoms with Gasteiger partial charge in [0.15, 0.2) is 0 Å². The Labute approximate surface area is 116 Å². The van der Waals surface area contributed by atoms with E-state index >= 15 is 0 Å². The van der Waals surface area contributed by atoms with Crippen LogP contribution in [-0.4, -0.2) is 11.1 Å². The van der Waals surface area contributed by atoms with Crippen molar-refractivity contribution in [2.24, 2.45) is 29.1 Å². The van der Waals surface area contributed by atoms with E-state index in [1.165, 1.54) is 38.5 Å². The lowest BCUT2D eigenvalue weighted by Gasteiger charge is -2.57. The van der Waals surface area contributed by atoms with Crippen LogP contribution in [0.4, 0.5) is 0 Å². The summed E-state index contributed by atoms with van der Waals surface area (Å²) in [6.45, 7) is 4.14. The maximum absolute atomic E-state index is 11.5. The highest BCUT2D eigenvalue weighted by Crippen LogP contribution is 2.62. The molecule has 0 unspecified atom stereocenters. The summed E-state index contributed by atoms with van der Waals surface area (Å²) < 4.78 is 0. The summed E-state index contributed by atoms with van der Waals surface area (Å²) in [5.41, 5.74) is 1.02. The van der Waals surface area contributed by atoms with E-state index in [0.717, 1.165) is 24.2 Å². The van der Waals surface area contributed by atoms with E-state index in [9.17, 15) is 9.90 Å². The molecule has 4 aliphatic rings. The number of allylic oxidation sites excluding steroid dienone is 1. The van der Waals surface area contributed by atoms with Crippen LogP contribution in [0.5, 0.6) is 0 Å². The SMILES string of the molecule is CC(C)C=C(CC12CC3CC(CC(C3)C1)C2)C(=O)O. The molecule has 0 aromatic rings. The van der Waals surface area contributed by atoms with Gasteiger partial charge in [-0.2, -0.15) is 0 Å². The first kappa shape index (κ1) is 13.2. The lowest BCUT2D eigenvalue weighted by atomic mass is 9.48. The molecule has 2 heteroatoms. The topological polar surface area (TPSA) is 37.3 Å². The molecule has 0 aliphatic heterocycles. The average Bonchev–Trinajstić information content (AvgIpc) is 2.24. The molecule has 4 fully saturated rings. The van der Waals surface area contributed by atoms with Crippen molar-refractivity contribution in [3.8, 4) is 0 Å². The van der Waals surface area contributed by atoms with Crippen LogP contribution in [-0.2, 0) is 4.79 Å². The van der Waals surface area contributed by atoms with Crippen LogP contribution in [0.3, 0.4) is 0 Å². The molecule has 4 saturated carbocycles. The first-order valence-corrected chi connectivity index (χ1v) is 7.90. The molecule has 4 bridgehead atoms. The van der Waals surface area contributed by atoms with Crippen LogP contribution in [0.15, 0.2) is 11.6 Å². The molecule has 4 rings (SSSR count). The van der Waals surface area contributed by atoms with Crippen molar-refractivity contribution in [3.63, 3.8) is 0 Å². The van der Waals surface area contributed by atoms with Crippen LogP contribution >= 0.6 is 0 Å². The highest BCUT2D eigenvalue weighted by molar-refractivity contribution is 5.86. The first-order valence-electron chi connectivity index (χ1n) is 7.90. The molecular weight excluding hydrogens is 236 g/mol. The predicted octanol–water partition coefficient (Wildman–Crippen LogP) is 4.26. The van der Waals surface area contributed by atoms with Crippen LogP contribution in [0, 0.1) is 29.1 Å².